The van der Waals surface area contributed by atoms with Gasteiger partial charge in [-0.15, -0.1) is 0 Å². The molecule has 7 nitrogen and oxygen atoms in total. The average Bonchev–Trinajstić information content (AvgIpc) is 3.30. The number of aliphatic hydroxyl groups is 1. The van der Waals surface area contributed by atoms with Gasteiger partial charge in [-0.05, 0) is 35.4 Å². The lowest BCUT2D eigenvalue weighted by Crippen LogP contribution is -2.47. The zero-order valence-corrected chi connectivity index (χ0v) is 19.2. The van der Waals surface area contributed by atoms with E-state index in [0.717, 1.165) is 11.1 Å². The predicted octanol–water partition coefficient (Wildman–Crippen LogP) is 4.31. The Hall–Kier alpha value is -3.94. The van der Waals surface area contributed by atoms with Gasteiger partial charge >= 0.3 is 0 Å². The third-order valence-corrected chi connectivity index (χ3v) is 5.77. The Morgan fingerprint density at radius 1 is 1.03 bits per heavy atom. The summed E-state index contributed by atoms with van der Waals surface area (Å²) in [6, 6.07) is 26.3. The molecule has 0 aliphatic carbocycles. The van der Waals surface area contributed by atoms with Crippen LogP contribution < -0.4 is 10.2 Å². The molecule has 0 saturated carbocycles. The average molecular weight is 473 g/mol. The minimum Gasteiger partial charge on any atom is -0.494 e. The number of benzene rings is 3. The van der Waals surface area contributed by atoms with Crippen molar-refractivity contribution in [3.05, 3.63) is 108 Å². The second kappa shape index (κ2) is 11.5. The summed E-state index contributed by atoms with van der Waals surface area (Å²) in [5, 5.41) is 18.6. The summed E-state index contributed by atoms with van der Waals surface area (Å²) in [6.07, 6.45) is 3.80. The standard InChI is InChI=1S/C28H28N2O5/c31-19-8-20-34-24-16-14-23(15-17-24)26-29-28(27(32)30-33,18-7-11-21-9-3-1-4-10-21)25(35-26)22-12-5-2-6-13-22/h1-7,9-17,25,31,33H,8,18-20H2,(H,30,32)/b11-7+/t25-,28-/m0/s1. The van der Waals surface area contributed by atoms with Crippen LogP contribution in [-0.2, 0) is 9.53 Å². The van der Waals surface area contributed by atoms with Crippen LogP contribution in [0.2, 0.25) is 0 Å². The molecule has 0 aromatic heterocycles. The normalized spacial score (nSPS) is 19.3. The summed E-state index contributed by atoms with van der Waals surface area (Å²) < 4.78 is 11.9. The molecule has 2 atom stereocenters. The molecular weight excluding hydrogens is 444 g/mol. The van der Waals surface area contributed by atoms with Gasteiger partial charge in [0.2, 0.25) is 5.90 Å². The molecule has 4 rings (SSSR count). The molecule has 35 heavy (non-hydrogen) atoms. The Bertz CT molecular complexity index is 1160. The predicted molar refractivity (Wildman–Crippen MR) is 133 cm³/mol. The van der Waals surface area contributed by atoms with Crippen molar-refractivity contribution in [1.82, 2.24) is 5.48 Å². The van der Waals surface area contributed by atoms with Gasteiger partial charge in [0.05, 0.1) is 6.61 Å². The van der Waals surface area contributed by atoms with Crippen molar-refractivity contribution in [3.63, 3.8) is 0 Å². The summed E-state index contributed by atoms with van der Waals surface area (Å²) in [7, 11) is 0. The molecule has 3 N–H and O–H groups in total. The summed E-state index contributed by atoms with van der Waals surface area (Å²) in [6.45, 7) is 0.480. The molecule has 0 fully saturated rings. The lowest BCUT2D eigenvalue weighted by Gasteiger charge is -2.28. The molecule has 1 aliphatic rings. The molecular formula is C28H28N2O5. The molecule has 0 bridgehead atoms. The van der Waals surface area contributed by atoms with Crippen molar-refractivity contribution in [2.45, 2.75) is 24.5 Å². The van der Waals surface area contributed by atoms with Crippen LogP contribution in [0.5, 0.6) is 5.75 Å². The van der Waals surface area contributed by atoms with E-state index in [1.807, 2.05) is 84.9 Å². The Balaban J connectivity index is 1.68. The van der Waals surface area contributed by atoms with E-state index in [0.29, 0.717) is 30.2 Å². The Morgan fingerprint density at radius 2 is 1.71 bits per heavy atom. The minimum absolute atomic E-state index is 0.0668. The number of carbonyl (C=O) groups excluding carboxylic acids is 1. The molecule has 7 heteroatoms. The highest BCUT2D eigenvalue weighted by Crippen LogP contribution is 2.42. The largest absolute Gasteiger partial charge is 0.494 e. The molecule has 1 amide bonds. The number of aliphatic imine (C=N–C) groups is 1. The van der Waals surface area contributed by atoms with Crippen LogP contribution in [0.1, 0.15) is 35.6 Å². The van der Waals surface area contributed by atoms with E-state index in [-0.39, 0.29) is 13.0 Å². The van der Waals surface area contributed by atoms with Crippen molar-refractivity contribution < 1.29 is 24.6 Å². The highest BCUT2D eigenvalue weighted by Gasteiger charge is 2.52. The summed E-state index contributed by atoms with van der Waals surface area (Å²) in [4.78, 5) is 17.9. The first kappa shape index (κ1) is 24.2. The number of ether oxygens (including phenoxy) is 2. The number of amides is 1. The van der Waals surface area contributed by atoms with E-state index in [1.165, 1.54) is 0 Å². The fourth-order valence-electron chi connectivity index (χ4n) is 3.98. The Kier molecular flexibility index (Phi) is 7.92. The van der Waals surface area contributed by atoms with Crippen LogP contribution in [0.15, 0.2) is 96.0 Å². The zero-order valence-electron chi connectivity index (χ0n) is 19.2. The van der Waals surface area contributed by atoms with Crippen molar-refractivity contribution in [1.29, 1.82) is 0 Å². The van der Waals surface area contributed by atoms with Crippen molar-refractivity contribution in [2.24, 2.45) is 4.99 Å². The maximum atomic E-state index is 13.1. The second-order valence-electron chi connectivity index (χ2n) is 8.16. The Labute approximate surface area is 204 Å². The van der Waals surface area contributed by atoms with Gasteiger partial charge in [0, 0.05) is 25.0 Å². The topological polar surface area (TPSA) is 100 Å². The second-order valence-corrected chi connectivity index (χ2v) is 8.16. The number of rotatable bonds is 10. The van der Waals surface area contributed by atoms with E-state index in [9.17, 15) is 10.0 Å². The van der Waals surface area contributed by atoms with Crippen LogP contribution in [0.25, 0.3) is 6.08 Å². The number of hydroxylamine groups is 1. The third-order valence-electron chi connectivity index (χ3n) is 5.77. The fourth-order valence-corrected chi connectivity index (χ4v) is 3.98. The van der Waals surface area contributed by atoms with Gasteiger partial charge in [0.25, 0.3) is 5.91 Å². The minimum atomic E-state index is -1.41. The van der Waals surface area contributed by atoms with Crippen LogP contribution in [0.4, 0.5) is 0 Å². The van der Waals surface area contributed by atoms with Crippen molar-refractivity contribution in [2.75, 3.05) is 13.2 Å². The van der Waals surface area contributed by atoms with Gasteiger partial charge in [-0.1, -0.05) is 72.8 Å². The summed E-state index contributed by atoms with van der Waals surface area (Å²) in [5.74, 6) is 0.311. The molecule has 0 spiro atoms. The highest BCUT2D eigenvalue weighted by molar-refractivity contribution is 6.00. The third kappa shape index (κ3) is 5.59. The molecule has 3 aromatic carbocycles. The van der Waals surface area contributed by atoms with Gasteiger partial charge < -0.3 is 14.6 Å². The van der Waals surface area contributed by atoms with Gasteiger partial charge in [0.1, 0.15) is 5.75 Å². The molecule has 180 valence electrons. The smallest absolute Gasteiger partial charge is 0.275 e. The van der Waals surface area contributed by atoms with Crippen LogP contribution in [0.3, 0.4) is 0 Å². The number of aliphatic hydroxyl groups excluding tert-OH is 1. The SMILES string of the molecule is O=C(NO)[C@@]1(C/C=C/c2ccccc2)N=C(c2ccc(OCCCO)cc2)O[C@H]1c1ccccc1. The quantitative estimate of drug-likeness (QED) is 0.232. The number of nitrogens with one attached hydrogen (secondary N) is 1. The first-order valence-corrected chi connectivity index (χ1v) is 11.5. The first-order valence-electron chi connectivity index (χ1n) is 11.5. The van der Waals surface area contributed by atoms with Crippen molar-refractivity contribution >= 4 is 17.9 Å². The lowest BCUT2D eigenvalue weighted by molar-refractivity contribution is -0.137. The number of hydrogen-bond acceptors (Lipinski definition) is 6. The molecule has 3 aromatic rings. The van der Waals surface area contributed by atoms with E-state index in [1.54, 1.807) is 17.6 Å². The molecule has 1 aliphatic heterocycles. The van der Waals surface area contributed by atoms with E-state index in [2.05, 4.69) is 0 Å². The number of carbonyl (C=O) groups is 1. The first-order chi connectivity index (χ1) is 17.2. The molecule has 0 unspecified atom stereocenters. The van der Waals surface area contributed by atoms with E-state index in [4.69, 9.17) is 19.6 Å². The van der Waals surface area contributed by atoms with Crippen LogP contribution in [-0.4, -0.2) is 40.9 Å². The lowest BCUT2D eigenvalue weighted by atomic mass is 9.84. The fraction of sp³-hybridized carbons (Fsp3) is 0.214. The van der Waals surface area contributed by atoms with Gasteiger partial charge in [-0.25, -0.2) is 10.5 Å². The Morgan fingerprint density at radius 3 is 2.37 bits per heavy atom. The highest BCUT2D eigenvalue weighted by atomic mass is 16.5. The zero-order chi connectivity index (χ0) is 24.5. The number of hydrogen-bond donors (Lipinski definition) is 3. The monoisotopic (exact) mass is 472 g/mol. The molecule has 0 saturated heterocycles. The maximum absolute atomic E-state index is 13.1. The molecule has 0 radical (unpaired) electrons. The van der Waals surface area contributed by atoms with Crippen LogP contribution in [0, 0.1) is 0 Å². The number of nitrogens with zero attached hydrogens (tertiary/aromatic N) is 1. The maximum Gasteiger partial charge on any atom is 0.275 e. The molecule has 1 heterocycles. The van der Waals surface area contributed by atoms with Gasteiger partial charge in [-0.2, -0.15) is 0 Å². The van der Waals surface area contributed by atoms with Crippen LogP contribution >= 0.6 is 0 Å². The van der Waals surface area contributed by atoms with Crippen molar-refractivity contribution in [3.8, 4) is 5.75 Å². The summed E-state index contributed by atoms with van der Waals surface area (Å²) in [5.41, 5.74) is 2.84. The van der Waals surface area contributed by atoms with E-state index < -0.39 is 17.6 Å². The van der Waals surface area contributed by atoms with Gasteiger partial charge in [0.15, 0.2) is 11.6 Å². The van der Waals surface area contributed by atoms with E-state index >= 15 is 0 Å². The summed E-state index contributed by atoms with van der Waals surface area (Å²) >= 11 is 0. The van der Waals surface area contributed by atoms with Gasteiger partial charge in [-0.3, -0.25) is 10.0 Å².